The summed E-state index contributed by atoms with van der Waals surface area (Å²) in [6, 6.07) is 13.0. The van der Waals surface area contributed by atoms with Gasteiger partial charge in [0.15, 0.2) is 6.61 Å². The number of fused-ring (bicyclic) bond motifs is 1. The fraction of sp³-hybridized carbons (Fsp3) is 0.200. The van der Waals surface area contributed by atoms with E-state index in [9.17, 15) is 9.18 Å². The molecule has 1 unspecified atom stereocenters. The maximum Gasteiger partial charge on any atom is 0.260 e. The Balaban J connectivity index is 1.71. The Morgan fingerprint density at radius 3 is 2.69 bits per heavy atom. The summed E-state index contributed by atoms with van der Waals surface area (Å²) in [5.74, 6) is 0.00224. The van der Waals surface area contributed by atoms with Gasteiger partial charge in [-0.2, -0.15) is 0 Å². The number of hydrogen-bond acceptors (Lipinski definition) is 3. The second kappa shape index (κ2) is 7.70. The molecule has 26 heavy (non-hydrogen) atoms. The van der Waals surface area contributed by atoms with Gasteiger partial charge in [-0.05, 0) is 48.9 Å². The Labute approximate surface area is 156 Å². The van der Waals surface area contributed by atoms with Crippen LogP contribution in [0.5, 0.6) is 5.75 Å². The largest absolute Gasteiger partial charge is 0.481 e. The lowest BCUT2D eigenvalue weighted by molar-refractivity contribution is -0.133. The summed E-state index contributed by atoms with van der Waals surface area (Å²) in [5.41, 5.74) is 1.46. The van der Waals surface area contributed by atoms with Gasteiger partial charge in [0.1, 0.15) is 17.1 Å². The Morgan fingerprint density at radius 1 is 1.23 bits per heavy atom. The third-order valence-electron chi connectivity index (χ3n) is 4.36. The number of pyridine rings is 1. The summed E-state index contributed by atoms with van der Waals surface area (Å²) < 4.78 is 18.7. The van der Waals surface area contributed by atoms with Gasteiger partial charge in [-0.1, -0.05) is 23.7 Å². The quantitative estimate of drug-likeness (QED) is 0.656. The van der Waals surface area contributed by atoms with Gasteiger partial charge in [0.25, 0.3) is 5.91 Å². The molecule has 0 aliphatic heterocycles. The van der Waals surface area contributed by atoms with E-state index in [0.29, 0.717) is 16.3 Å². The van der Waals surface area contributed by atoms with Crippen LogP contribution in [-0.4, -0.2) is 29.4 Å². The predicted octanol–water partition coefficient (Wildman–Crippen LogP) is 4.63. The summed E-state index contributed by atoms with van der Waals surface area (Å²) in [6.45, 7) is 1.75. The fourth-order valence-corrected chi connectivity index (χ4v) is 2.87. The molecule has 1 aromatic heterocycles. The average Bonchev–Trinajstić information content (AvgIpc) is 2.67. The minimum absolute atomic E-state index is 0.130. The number of benzene rings is 2. The van der Waals surface area contributed by atoms with E-state index in [2.05, 4.69) is 4.98 Å². The predicted molar refractivity (Wildman–Crippen MR) is 99.8 cm³/mol. The fourth-order valence-electron chi connectivity index (χ4n) is 2.65. The van der Waals surface area contributed by atoms with Crippen molar-refractivity contribution in [3.8, 4) is 5.75 Å². The van der Waals surface area contributed by atoms with Crippen molar-refractivity contribution in [3.63, 3.8) is 0 Å². The van der Waals surface area contributed by atoms with Crippen molar-refractivity contribution in [3.05, 3.63) is 71.1 Å². The van der Waals surface area contributed by atoms with Crippen LogP contribution >= 0.6 is 11.6 Å². The number of carbonyl (C=O) groups is 1. The highest BCUT2D eigenvalue weighted by molar-refractivity contribution is 6.35. The molecule has 0 saturated carbocycles. The first kappa shape index (κ1) is 18.1. The van der Waals surface area contributed by atoms with Crippen LogP contribution in [-0.2, 0) is 4.79 Å². The molecule has 0 aliphatic carbocycles. The second-order valence-corrected chi connectivity index (χ2v) is 6.37. The molecule has 3 aromatic rings. The van der Waals surface area contributed by atoms with Crippen LogP contribution in [0.1, 0.15) is 18.5 Å². The summed E-state index contributed by atoms with van der Waals surface area (Å²) >= 11 is 6.17. The lowest BCUT2D eigenvalue weighted by Crippen LogP contribution is -2.33. The Hall–Kier alpha value is -2.66. The highest BCUT2D eigenvalue weighted by Crippen LogP contribution is 2.29. The van der Waals surface area contributed by atoms with E-state index < -0.39 is 0 Å². The maximum atomic E-state index is 13.1. The van der Waals surface area contributed by atoms with E-state index >= 15 is 0 Å². The Kier molecular flexibility index (Phi) is 5.38. The summed E-state index contributed by atoms with van der Waals surface area (Å²) in [5, 5.41) is 1.35. The van der Waals surface area contributed by atoms with Gasteiger partial charge in [-0.3, -0.25) is 9.78 Å². The zero-order valence-electron chi connectivity index (χ0n) is 14.4. The number of ether oxygens (including phenoxy) is 1. The third kappa shape index (κ3) is 3.78. The molecule has 1 heterocycles. The molecule has 6 heteroatoms. The molecule has 134 valence electrons. The van der Waals surface area contributed by atoms with Crippen molar-refractivity contribution in [1.82, 2.24) is 9.88 Å². The van der Waals surface area contributed by atoms with Crippen molar-refractivity contribution in [2.24, 2.45) is 0 Å². The second-order valence-electron chi connectivity index (χ2n) is 5.97. The van der Waals surface area contributed by atoms with E-state index in [4.69, 9.17) is 16.3 Å². The van der Waals surface area contributed by atoms with Crippen molar-refractivity contribution >= 4 is 28.4 Å². The molecule has 0 bridgehead atoms. The molecule has 0 saturated heterocycles. The Morgan fingerprint density at radius 2 is 1.96 bits per heavy atom. The van der Waals surface area contributed by atoms with Crippen molar-refractivity contribution in [1.29, 1.82) is 0 Å². The van der Waals surface area contributed by atoms with E-state index in [1.165, 1.54) is 12.1 Å². The lowest BCUT2D eigenvalue weighted by Gasteiger charge is -2.25. The molecule has 1 amide bonds. The molecule has 3 rings (SSSR count). The van der Waals surface area contributed by atoms with E-state index in [0.717, 1.165) is 10.9 Å². The van der Waals surface area contributed by atoms with E-state index in [1.54, 1.807) is 48.5 Å². The van der Waals surface area contributed by atoms with Crippen LogP contribution in [0.2, 0.25) is 5.02 Å². The monoisotopic (exact) mass is 372 g/mol. The van der Waals surface area contributed by atoms with Gasteiger partial charge in [0, 0.05) is 18.6 Å². The SMILES string of the molecule is CC(c1ccc(F)cc1)N(C)C(=O)COc1ccc(Cl)c2cccnc12. The van der Waals surface area contributed by atoms with Gasteiger partial charge < -0.3 is 9.64 Å². The first-order valence-electron chi connectivity index (χ1n) is 8.14. The van der Waals surface area contributed by atoms with Crippen molar-refractivity contribution < 1.29 is 13.9 Å². The molecular formula is C20H18ClFN2O2. The summed E-state index contributed by atoms with van der Waals surface area (Å²) in [6.07, 6.45) is 1.65. The van der Waals surface area contributed by atoms with E-state index in [1.807, 2.05) is 13.0 Å². The van der Waals surface area contributed by atoms with Crippen LogP contribution in [0.3, 0.4) is 0 Å². The molecule has 0 radical (unpaired) electrons. The first-order valence-corrected chi connectivity index (χ1v) is 8.52. The zero-order valence-corrected chi connectivity index (χ0v) is 15.2. The third-order valence-corrected chi connectivity index (χ3v) is 4.69. The van der Waals surface area contributed by atoms with Crippen molar-refractivity contribution in [2.45, 2.75) is 13.0 Å². The van der Waals surface area contributed by atoms with Gasteiger partial charge in [-0.15, -0.1) is 0 Å². The molecular weight excluding hydrogens is 355 g/mol. The molecule has 1 atom stereocenters. The van der Waals surface area contributed by atoms with Gasteiger partial charge in [-0.25, -0.2) is 4.39 Å². The number of likely N-dealkylation sites (N-methyl/N-ethyl adjacent to an activating group) is 1. The highest BCUT2D eigenvalue weighted by atomic mass is 35.5. The van der Waals surface area contributed by atoms with Gasteiger partial charge in [0.2, 0.25) is 0 Å². The minimum atomic E-state index is -0.305. The number of amides is 1. The number of rotatable bonds is 5. The summed E-state index contributed by atoms with van der Waals surface area (Å²) in [7, 11) is 1.69. The summed E-state index contributed by atoms with van der Waals surface area (Å²) in [4.78, 5) is 18.3. The molecule has 0 N–H and O–H groups in total. The van der Waals surface area contributed by atoms with Gasteiger partial charge >= 0.3 is 0 Å². The first-order chi connectivity index (χ1) is 12.5. The molecule has 0 spiro atoms. The topological polar surface area (TPSA) is 42.4 Å². The normalized spacial score (nSPS) is 12.0. The smallest absolute Gasteiger partial charge is 0.260 e. The number of carbonyl (C=O) groups excluding carboxylic acids is 1. The molecule has 2 aromatic carbocycles. The highest BCUT2D eigenvalue weighted by Gasteiger charge is 2.18. The average molecular weight is 373 g/mol. The lowest BCUT2D eigenvalue weighted by atomic mass is 10.1. The number of nitrogens with zero attached hydrogens (tertiary/aromatic N) is 2. The molecule has 0 fully saturated rings. The number of hydrogen-bond donors (Lipinski definition) is 0. The van der Waals surface area contributed by atoms with Crippen LogP contribution in [0.15, 0.2) is 54.7 Å². The Bertz CT molecular complexity index is 931. The van der Waals surface area contributed by atoms with Crippen LogP contribution in [0.25, 0.3) is 10.9 Å². The van der Waals surface area contributed by atoms with Crippen LogP contribution in [0, 0.1) is 5.82 Å². The number of halogens is 2. The number of aromatic nitrogens is 1. The standard InChI is InChI=1S/C20H18ClFN2O2/c1-13(14-5-7-15(22)8-6-14)24(2)19(25)12-26-18-10-9-17(21)16-4-3-11-23-20(16)18/h3-11,13H,12H2,1-2H3. The maximum absolute atomic E-state index is 13.1. The minimum Gasteiger partial charge on any atom is -0.481 e. The zero-order chi connectivity index (χ0) is 18.7. The molecule has 0 aliphatic rings. The van der Waals surface area contributed by atoms with Crippen LogP contribution < -0.4 is 4.74 Å². The van der Waals surface area contributed by atoms with Crippen molar-refractivity contribution in [2.75, 3.05) is 13.7 Å². The van der Waals surface area contributed by atoms with E-state index in [-0.39, 0.29) is 24.4 Å². The molecule has 4 nitrogen and oxygen atoms in total. The van der Waals surface area contributed by atoms with Crippen LogP contribution in [0.4, 0.5) is 4.39 Å². The van der Waals surface area contributed by atoms with Gasteiger partial charge in [0.05, 0.1) is 11.1 Å².